The van der Waals surface area contributed by atoms with Gasteiger partial charge in [0.2, 0.25) is 0 Å². The lowest BCUT2D eigenvalue weighted by Gasteiger charge is -2.26. The van der Waals surface area contributed by atoms with E-state index in [4.69, 9.17) is 16.3 Å². The third kappa shape index (κ3) is 3.79. The number of esters is 1. The molecule has 0 aromatic carbocycles. The normalized spacial score (nSPS) is 14.3. The smallest absolute Gasteiger partial charge is 0.325 e. The maximum atomic E-state index is 12.7. The van der Waals surface area contributed by atoms with Gasteiger partial charge in [-0.05, 0) is 39.7 Å². The van der Waals surface area contributed by atoms with Crippen molar-refractivity contribution in [2.75, 3.05) is 13.2 Å². The molecule has 0 aliphatic heterocycles. The Balaban J connectivity index is 2.20. The van der Waals surface area contributed by atoms with Gasteiger partial charge in [-0.25, -0.2) is 0 Å². The molecule has 21 heavy (non-hydrogen) atoms. The number of halogens is 1. The number of nitrogens with zero attached hydrogens (tertiary/aromatic N) is 2. The Bertz CT molecular complexity index is 535. The zero-order chi connectivity index (χ0) is 15.6. The van der Waals surface area contributed by atoms with Gasteiger partial charge in [-0.15, -0.1) is 0 Å². The Morgan fingerprint density at radius 3 is 2.67 bits per heavy atom. The van der Waals surface area contributed by atoms with Crippen LogP contribution < -0.4 is 0 Å². The van der Waals surface area contributed by atoms with E-state index < -0.39 is 5.97 Å². The Hall–Kier alpha value is -1.49. The van der Waals surface area contributed by atoms with Gasteiger partial charge in [0.1, 0.15) is 12.2 Å². The topological polar surface area (TPSA) is 51.5 Å². The third-order valence-electron chi connectivity index (χ3n) is 3.46. The summed E-state index contributed by atoms with van der Waals surface area (Å²) >= 11 is 6.04. The van der Waals surface area contributed by atoms with Gasteiger partial charge in [0.15, 0.2) is 0 Å². The molecule has 6 heteroatoms. The van der Waals surface area contributed by atoms with Gasteiger partial charge < -0.3 is 14.2 Å². The molecule has 0 N–H and O–H groups in total. The van der Waals surface area contributed by atoms with E-state index in [0.717, 1.165) is 12.8 Å². The van der Waals surface area contributed by atoms with Crippen LogP contribution in [-0.4, -0.2) is 40.5 Å². The molecule has 1 saturated carbocycles. The minimum Gasteiger partial charge on any atom is -0.465 e. The molecule has 116 valence electrons. The fourth-order valence-electron chi connectivity index (χ4n) is 2.25. The number of hydrogen-bond acceptors (Lipinski definition) is 3. The van der Waals surface area contributed by atoms with Gasteiger partial charge in [0.25, 0.3) is 5.91 Å². The SMILES string of the molecule is CCOC(=O)CN(C(=O)c1cc(Cl)cn1C1CC1)C(C)C. The van der Waals surface area contributed by atoms with Crippen LogP contribution in [0.25, 0.3) is 0 Å². The van der Waals surface area contributed by atoms with E-state index in [1.54, 1.807) is 19.2 Å². The maximum absolute atomic E-state index is 12.7. The number of carbonyl (C=O) groups excluding carboxylic acids is 2. The minimum absolute atomic E-state index is 0.0438. The predicted octanol–water partition coefficient (Wildman–Crippen LogP) is 2.89. The van der Waals surface area contributed by atoms with E-state index in [1.165, 1.54) is 4.90 Å². The van der Waals surface area contributed by atoms with Gasteiger partial charge in [-0.1, -0.05) is 11.6 Å². The van der Waals surface area contributed by atoms with Crippen LogP contribution in [0, 0.1) is 0 Å². The highest BCUT2D eigenvalue weighted by atomic mass is 35.5. The molecule has 2 rings (SSSR count). The van der Waals surface area contributed by atoms with Crippen molar-refractivity contribution >= 4 is 23.5 Å². The van der Waals surface area contributed by atoms with Gasteiger partial charge in [-0.2, -0.15) is 0 Å². The summed E-state index contributed by atoms with van der Waals surface area (Å²) in [5.41, 5.74) is 0.542. The van der Waals surface area contributed by atoms with Crippen LogP contribution in [0.2, 0.25) is 5.02 Å². The van der Waals surface area contributed by atoms with E-state index in [1.807, 2.05) is 18.4 Å². The first-order chi connectivity index (χ1) is 9.93. The monoisotopic (exact) mass is 312 g/mol. The molecule has 1 fully saturated rings. The van der Waals surface area contributed by atoms with Gasteiger partial charge in [-0.3, -0.25) is 9.59 Å². The van der Waals surface area contributed by atoms with E-state index in [-0.39, 0.29) is 18.5 Å². The Morgan fingerprint density at radius 1 is 1.48 bits per heavy atom. The molecule has 1 aromatic rings. The molecule has 0 saturated heterocycles. The highest BCUT2D eigenvalue weighted by Crippen LogP contribution is 2.37. The quantitative estimate of drug-likeness (QED) is 0.759. The predicted molar refractivity (Wildman–Crippen MR) is 80.5 cm³/mol. The standard InChI is InChI=1S/C15H21ClN2O3/c1-4-21-14(19)9-17(10(2)3)15(20)13-7-11(16)8-18(13)12-5-6-12/h7-8,10,12H,4-6,9H2,1-3H3. The van der Waals surface area contributed by atoms with Gasteiger partial charge in [0, 0.05) is 18.3 Å². The minimum atomic E-state index is -0.393. The van der Waals surface area contributed by atoms with Crippen molar-refractivity contribution in [2.24, 2.45) is 0 Å². The largest absolute Gasteiger partial charge is 0.465 e. The van der Waals surface area contributed by atoms with Crippen molar-refractivity contribution in [1.82, 2.24) is 9.47 Å². The zero-order valence-corrected chi connectivity index (χ0v) is 13.4. The van der Waals surface area contributed by atoms with Crippen LogP contribution in [0.5, 0.6) is 0 Å². The summed E-state index contributed by atoms with van der Waals surface area (Å²) in [4.78, 5) is 25.9. The third-order valence-corrected chi connectivity index (χ3v) is 3.67. The molecule has 1 aromatic heterocycles. The Labute approximate surface area is 129 Å². The molecule has 0 radical (unpaired) electrons. The first kappa shape index (κ1) is 15.9. The van der Waals surface area contributed by atoms with Crippen molar-refractivity contribution in [3.05, 3.63) is 23.0 Å². The summed E-state index contributed by atoms with van der Waals surface area (Å²) in [6.45, 7) is 5.77. The van der Waals surface area contributed by atoms with E-state index in [9.17, 15) is 9.59 Å². The second-order valence-corrected chi connectivity index (χ2v) is 5.95. The molecule has 0 spiro atoms. The summed E-state index contributed by atoms with van der Waals surface area (Å²) in [5, 5.41) is 0.546. The Morgan fingerprint density at radius 2 is 2.14 bits per heavy atom. The van der Waals surface area contributed by atoms with E-state index in [2.05, 4.69) is 0 Å². The molecule has 1 aliphatic carbocycles. The fourth-order valence-corrected chi connectivity index (χ4v) is 2.46. The first-order valence-corrected chi connectivity index (χ1v) is 7.65. The second kappa shape index (κ2) is 6.52. The molecule has 0 atom stereocenters. The second-order valence-electron chi connectivity index (χ2n) is 5.51. The number of aromatic nitrogens is 1. The Kier molecular flexibility index (Phi) is 4.93. The van der Waals surface area contributed by atoms with Gasteiger partial charge >= 0.3 is 5.97 Å². The van der Waals surface area contributed by atoms with Gasteiger partial charge in [0.05, 0.1) is 11.6 Å². The van der Waals surface area contributed by atoms with E-state index in [0.29, 0.717) is 23.4 Å². The van der Waals surface area contributed by atoms with E-state index >= 15 is 0 Å². The van der Waals surface area contributed by atoms with Crippen LogP contribution in [0.15, 0.2) is 12.3 Å². The lowest BCUT2D eigenvalue weighted by Crippen LogP contribution is -2.42. The van der Waals surface area contributed by atoms with Crippen LogP contribution in [0.3, 0.4) is 0 Å². The number of rotatable bonds is 6. The van der Waals surface area contributed by atoms with Crippen molar-refractivity contribution in [2.45, 2.75) is 45.7 Å². The molecule has 0 bridgehead atoms. The summed E-state index contributed by atoms with van der Waals surface area (Å²) in [6, 6.07) is 1.93. The first-order valence-electron chi connectivity index (χ1n) is 7.28. The molecular formula is C15H21ClN2O3. The van der Waals surface area contributed by atoms with Crippen LogP contribution in [-0.2, 0) is 9.53 Å². The lowest BCUT2D eigenvalue weighted by atomic mass is 10.2. The number of amides is 1. The fraction of sp³-hybridized carbons (Fsp3) is 0.600. The summed E-state index contributed by atoms with van der Waals surface area (Å²) < 4.78 is 6.86. The molecule has 5 nitrogen and oxygen atoms in total. The average Bonchev–Trinajstić information content (AvgIpc) is 3.18. The summed E-state index contributed by atoms with van der Waals surface area (Å²) in [5.74, 6) is -0.577. The van der Waals surface area contributed by atoms with Crippen molar-refractivity contribution in [3.8, 4) is 0 Å². The maximum Gasteiger partial charge on any atom is 0.325 e. The molecule has 1 aliphatic rings. The number of carbonyl (C=O) groups is 2. The molecular weight excluding hydrogens is 292 g/mol. The highest BCUT2D eigenvalue weighted by molar-refractivity contribution is 6.31. The average molecular weight is 313 g/mol. The van der Waals surface area contributed by atoms with Crippen molar-refractivity contribution < 1.29 is 14.3 Å². The van der Waals surface area contributed by atoms with Crippen LogP contribution in [0.1, 0.15) is 50.1 Å². The highest BCUT2D eigenvalue weighted by Gasteiger charge is 2.31. The summed E-state index contributed by atoms with van der Waals surface area (Å²) in [7, 11) is 0. The molecule has 0 unspecified atom stereocenters. The zero-order valence-electron chi connectivity index (χ0n) is 12.6. The lowest BCUT2D eigenvalue weighted by molar-refractivity contribution is -0.144. The number of hydrogen-bond donors (Lipinski definition) is 0. The van der Waals surface area contributed by atoms with Crippen molar-refractivity contribution in [1.29, 1.82) is 0 Å². The summed E-state index contributed by atoms with van der Waals surface area (Å²) in [6.07, 6.45) is 3.91. The van der Waals surface area contributed by atoms with Crippen molar-refractivity contribution in [3.63, 3.8) is 0 Å². The molecule has 1 amide bonds. The van der Waals surface area contributed by atoms with Crippen LogP contribution in [0.4, 0.5) is 0 Å². The molecule has 1 heterocycles. The van der Waals surface area contributed by atoms with Crippen LogP contribution >= 0.6 is 11.6 Å². The number of ether oxygens (including phenoxy) is 1.